The summed E-state index contributed by atoms with van der Waals surface area (Å²) in [7, 11) is 1.75. The van der Waals surface area contributed by atoms with Crippen LogP contribution in [0.4, 0.5) is 5.82 Å². The molecule has 0 amide bonds. The molecule has 2 aromatic heterocycles. The lowest BCUT2D eigenvalue weighted by atomic mass is 10.5. The van der Waals surface area contributed by atoms with Crippen molar-refractivity contribution in [1.29, 1.82) is 0 Å². The van der Waals surface area contributed by atoms with E-state index in [1.807, 2.05) is 0 Å². The molecule has 0 atom stereocenters. The number of nitrogens with two attached hydrogens (primary N) is 1. The van der Waals surface area contributed by atoms with Crippen LogP contribution in [-0.4, -0.2) is 25.0 Å². The summed E-state index contributed by atoms with van der Waals surface area (Å²) in [5, 5.41) is 7.60. The zero-order valence-corrected chi connectivity index (χ0v) is 6.81. The first-order chi connectivity index (χ1) is 5.68. The number of hydrogen-bond acceptors (Lipinski definition) is 5. The minimum atomic E-state index is 0.421. The van der Waals surface area contributed by atoms with E-state index in [-0.39, 0.29) is 0 Å². The quantitative estimate of drug-likeness (QED) is 0.575. The van der Waals surface area contributed by atoms with Gasteiger partial charge >= 0.3 is 0 Å². The molecule has 2 aromatic rings. The Hall–Kier alpha value is -1.72. The average Bonchev–Trinajstić information content (AvgIpc) is 2.31. The van der Waals surface area contributed by atoms with Crippen molar-refractivity contribution in [2.45, 2.75) is 6.92 Å². The second-order valence-corrected chi connectivity index (χ2v) is 2.54. The number of nitrogen functional groups attached to an aromatic ring is 1. The van der Waals surface area contributed by atoms with Crippen molar-refractivity contribution >= 4 is 17.0 Å². The summed E-state index contributed by atoms with van der Waals surface area (Å²) in [6, 6.07) is 0. The predicted molar refractivity (Wildman–Crippen MR) is 43.2 cm³/mol. The molecule has 0 aliphatic carbocycles. The highest BCUT2D eigenvalue weighted by molar-refractivity contribution is 5.80. The summed E-state index contributed by atoms with van der Waals surface area (Å²) in [6.07, 6.45) is 0. The molecule has 0 bridgehead atoms. The fourth-order valence-corrected chi connectivity index (χ4v) is 1.11. The van der Waals surface area contributed by atoms with Crippen LogP contribution in [0.5, 0.6) is 0 Å². The third-order valence-electron chi connectivity index (χ3n) is 1.60. The number of aryl methyl sites for hydroxylation is 2. The van der Waals surface area contributed by atoms with E-state index >= 15 is 0 Å². The summed E-state index contributed by atoms with van der Waals surface area (Å²) >= 11 is 0. The molecule has 6 heteroatoms. The van der Waals surface area contributed by atoms with Crippen molar-refractivity contribution in [2.75, 3.05) is 5.73 Å². The molecule has 2 N–H and O–H groups in total. The zero-order chi connectivity index (χ0) is 8.72. The van der Waals surface area contributed by atoms with E-state index in [0.29, 0.717) is 22.8 Å². The first-order valence-corrected chi connectivity index (χ1v) is 3.48. The molecule has 0 saturated carbocycles. The third-order valence-corrected chi connectivity index (χ3v) is 1.60. The smallest absolute Gasteiger partial charge is 0.207 e. The Morgan fingerprint density at radius 3 is 2.83 bits per heavy atom. The molecule has 62 valence electrons. The summed E-state index contributed by atoms with van der Waals surface area (Å²) < 4.78 is 1.56. The van der Waals surface area contributed by atoms with E-state index in [1.54, 1.807) is 18.7 Å². The Morgan fingerprint density at radius 1 is 1.33 bits per heavy atom. The number of fused-ring (bicyclic) bond motifs is 1. The van der Waals surface area contributed by atoms with Gasteiger partial charge in [-0.15, -0.1) is 5.10 Å². The second kappa shape index (κ2) is 2.13. The molecule has 0 radical (unpaired) electrons. The largest absolute Gasteiger partial charge is 0.382 e. The maximum atomic E-state index is 5.65. The van der Waals surface area contributed by atoms with Gasteiger partial charge in [-0.05, 0) is 6.92 Å². The molecule has 2 rings (SSSR count). The normalized spacial score (nSPS) is 10.8. The molecule has 2 heterocycles. The van der Waals surface area contributed by atoms with E-state index < -0.39 is 0 Å². The van der Waals surface area contributed by atoms with Gasteiger partial charge in [-0.25, -0.2) is 14.6 Å². The maximum absolute atomic E-state index is 5.65. The zero-order valence-electron chi connectivity index (χ0n) is 6.81. The van der Waals surface area contributed by atoms with Gasteiger partial charge in [0.05, 0.1) is 0 Å². The number of rotatable bonds is 0. The summed E-state index contributed by atoms with van der Waals surface area (Å²) in [6.45, 7) is 1.77. The van der Waals surface area contributed by atoms with Crippen molar-refractivity contribution in [3.8, 4) is 0 Å². The predicted octanol–water partition coefficient (Wildman–Crippen LogP) is -0.351. The summed E-state index contributed by atoms with van der Waals surface area (Å²) in [5.74, 6) is 1.03. The average molecular weight is 164 g/mol. The first-order valence-electron chi connectivity index (χ1n) is 3.48. The summed E-state index contributed by atoms with van der Waals surface area (Å²) in [5.41, 5.74) is 6.88. The SMILES string of the molecule is Cc1nc(N)c2c(nnn2C)n1. The van der Waals surface area contributed by atoms with Gasteiger partial charge in [0.2, 0.25) is 5.65 Å². The van der Waals surface area contributed by atoms with Gasteiger partial charge < -0.3 is 5.73 Å². The molecular formula is C6H8N6. The molecule has 6 nitrogen and oxygen atoms in total. The molecule has 0 spiro atoms. The number of nitrogens with zero attached hydrogens (tertiary/aromatic N) is 5. The third kappa shape index (κ3) is 0.810. The fourth-order valence-electron chi connectivity index (χ4n) is 1.11. The first kappa shape index (κ1) is 6.96. The van der Waals surface area contributed by atoms with Crippen LogP contribution in [0, 0.1) is 6.92 Å². The lowest BCUT2D eigenvalue weighted by Gasteiger charge is -1.96. The van der Waals surface area contributed by atoms with Gasteiger partial charge in [-0.1, -0.05) is 5.21 Å². The minimum absolute atomic E-state index is 0.421. The van der Waals surface area contributed by atoms with Crippen LogP contribution in [0.1, 0.15) is 5.82 Å². The molecule has 0 aliphatic rings. The van der Waals surface area contributed by atoms with Crippen LogP contribution in [0.25, 0.3) is 11.2 Å². The monoisotopic (exact) mass is 164 g/mol. The van der Waals surface area contributed by atoms with Crippen molar-refractivity contribution < 1.29 is 0 Å². The van der Waals surface area contributed by atoms with Crippen LogP contribution in [0.2, 0.25) is 0 Å². The highest BCUT2D eigenvalue weighted by Crippen LogP contribution is 2.12. The maximum Gasteiger partial charge on any atom is 0.207 e. The molecule has 0 saturated heterocycles. The topological polar surface area (TPSA) is 82.5 Å². The van der Waals surface area contributed by atoms with Crippen LogP contribution in [0.3, 0.4) is 0 Å². The number of aromatic nitrogens is 5. The molecule has 0 unspecified atom stereocenters. The fraction of sp³-hybridized carbons (Fsp3) is 0.333. The van der Waals surface area contributed by atoms with Crippen LogP contribution in [-0.2, 0) is 7.05 Å². The molecule has 0 fully saturated rings. The Bertz CT molecular complexity index is 431. The van der Waals surface area contributed by atoms with E-state index in [1.165, 1.54) is 0 Å². The van der Waals surface area contributed by atoms with Crippen molar-refractivity contribution in [3.63, 3.8) is 0 Å². The number of anilines is 1. The van der Waals surface area contributed by atoms with Crippen molar-refractivity contribution in [3.05, 3.63) is 5.82 Å². The van der Waals surface area contributed by atoms with E-state index in [2.05, 4.69) is 20.3 Å². The second-order valence-electron chi connectivity index (χ2n) is 2.54. The molecule has 0 aromatic carbocycles. The molecular weight excluding hydrogens is 156 g/mol. The Kier molecular flexibility index (Phi) is 1.24. The summed E-state index contributed by atoms with van der Waals surface area (Å²) in [4.78, 5) is 8.07. The van der Waals surface area contributed by atoms with Gasteiger partial charge in [0.25, 0.3) is 0 Å². The van der Waals surface area contributed by atoms with Crippen LogP contribution < -0.4 is 5.73 Å². The van der Waals surface area contributed by atoms with Gasteiger partial charge in [0.1, 0.15) is 11.3 Å². The van der Waals surface area contributed by atoms with E-state index in [4.69, 9.17) is 5.73 Å². The number of hydrogen-bond donors (Lipinski definition) is 1. The molecule has 0 aliphatic heterocycles. The van der Waals surface area contributed by atoms with Gasteiger partial charge in [-0.2, -0.15) is 0 Å². The van der Waals surface area contributed by atoms with Crippen molar-refractivity contribution in [1.82, 2.24) is 25.0 Å². The Morgan fingerprint density at radius 2 is 2.08 bits per heavy atom. The Labute approximate surface area is 68.4 Å². The van der Waals surface area contributed by atoms with Crippen LogP contribution >= 0.6 is 0 Å². The highest BCUT2D eigenvalue weighted by atomic mass is 15.4. The van der Waals surface area contributed by atoms with Gasteiger partial charge in [0, 0.05) is 7.05 Å². The van der Waals surface area contributed by atoms with Crippen LogP contribution in [0.15, 0.2) is 0 Å². The van der Waals surface area contributed by atoms with E-state index in [9.17, 15) is 0 Å². The highest BCUT2D eigenvalue weighted by Gasteiger charge is 2.07. The Balaban J connectivity index is 2.93. The minimum Gasteiger partial charge on any atom is -0.382 e. The standard InChI is InChI=1S/C6H8N6/c1-3-8-5(7)4-6(9-3)10-11-12(4)2/h1-2H3,(H2,7,8,9). The van der Waals surface area contributed by atoms with Gasteiger partial charge in [0.15, 0.2) is 5.82 Å². The molecule has 12 heavy (non-hydrogen) atoms. The lowest BCUT2D eigenvalue weighted by Crippen LogP contribution is -2.00. The lowest BCUT2D eigenvalue weighted by molar-refractivity contribution is 0.736. The van der Waals surface area contributed by atoms with Gasteiger partial charge in [-0.3, -0.25) is 0 Å². The van der Waals surface area contributed by atoms with E-state index in [0.717, 1.165) is 0 Å². The van der Waals surface area contributed by atoms with Crippen molar-refractivity contribution in [2.24, 2.45) is 7.05 Å².